The predicted molar refractivity (Wildman–Crippen MR) is 84.6 cm³/mol. The number of nitrogens with one attached hydrogen (secondary N) is 1. The first kappa shape index (κ1) is 15.5. The highest BCUT2D eigenvalue weighted by Gasteiger charge is 2.33. The number of fused-ring (bicyclic) bond motifs is 1. The fourth-order valence-corrected chi connectivity index (χ4v) is 3.06. The molecule has 0 aromatic heterocycles. The Balaban J connectivity index is 1.76. The summed E-state index contributed by atoms with van der Waals surface area (Å²) in [5, 5.41) is 2.65. The van der Waals surface area contributed by atoms with Gasteiger partial charge in [-0.2, -0.15) is 0 Å². The minimum atomic E-state index is -0.421. The molecule has 1 aliphatic heterocycles. The predicted octanol–water partition coefficient (Wildman–Crippen LogP) is 1.91. The zero-order chi connectivity index (χ0) is 16.6. The molecule has 2 unspecified atom stereocenters. The van der Waals surface area contributed by atoms with Crippen LogP contribution in [0.1, 0.15) is 36.2 Å². The zero-order valence-corrected chi connectivity index (χ0v) is 13.3. The van der Waals surface area contributed by atoms with Crippen molar-refractivity contribution in [2.75, 3.05) is 18.0 Å². The number of hydrogen-bond donors (Lipinski definition) is 1. The number of ether oxygens (including phenoxy) is 1. The molecule has 0 saturated carbocycles. The van der Waals surface area contributed by atoms with E-state index in [4.69, 9.17) is 4.74 Å². The van der Waals surface area contributed by atoms with Crippen LogP contribution in [0.15, 0.2) is 18.2 Å². The normalized spacial score (nSPS) is 23.5. The molecule has 0 bridgehead atoms. The smallest absolute Gasteiger partial charge is 0.414 e. The quantitative estimate of drug-likeness (QED) is 0.924. The van der Waals surface area contributed by atoms with Crippen molar-refractivity contribution in [2.24, 2.45) is 5.92 Å². The number of anilines is 1. The van der Waals surface area contributed by atoms with Crippen LogP contribution in [0.25, 0.3) is 0 Å². The van der Waals surface area contributed by atoms with E-state index >= 15 is 0 Å². The Morgan fingerprint density at radius 2 is 2.17 bits per heavy atom. The van der Waals surface area contributed by atoms with E-state index in [0.29, 0.717) is 13.1 Å². The van der Waals surface area contributed by atoms with Gasteiger partial charge in [-0.15, -0.1) is 0 Å². The fourth-order valence-electron chi connectivity index (χ4n) is 3.06. The van der Waals surface area contributed by atoms with Crippen LogP contribution in [0.2, 0.25) is 0 Å². The maximum absolute atomic E-state index is 12.2. The first-order valence-corrected chi connectivity index (χ1v) is 7.85. The van der Waals surface area contributed by atoms with Gasteiger partial charge in [-0.3, -0.25) is 14.5 Å². The largest absolute Gasteiger partial charge is 0.442 e. The average Bonchev–Trinajstić information content (AvgIpc) is 2.90. The summed E-state index contributed by atoms with van der Waals surface area (Å²) in [6.07, 6.45) is 0.902. The summed E-state index contributed by atoms with van der Waals surface area (Å²) in [5.74, 6) is 0.0818. The molecule has 1 aromatic carbocycles. The summed E-state index contributed by atoms with van der Waals surface area (Å²) in [7, 11) is 0. The Bertz CT molecular complexity index is 671. The van der Waals surface area contributed by atoms with Crippen molar-refractivity contribution in [2.45, 2.75) is 32.8 Å². The number of benzene rings is 1. The van der Waals surface area contributed by atoms with Gasteiger partial charge >= 0.3 is 6.09 Å². The summed E-state index contributed by atoms with van der Waals surface area (Å²) >= 11 is 0. The first-order valence-electron chi connectivity index (χ1n) is 7.85. The number of carbonyl (C=O) groups excluding carboxylic acids is 3. The number of rotatable bonds is 3. The van der Waals surface area contributed by atoms with Gasteiger partial charge in [-0.05, 0) is 36.6 Å². The molecule has 122 valence electrons. The van der Waals surface area contributed by atoms with Crippen LogP contribution in [0.3, 0.4) is 0 Å². The van der Waals surface area contributed by atoms with Gasteiger partial charge in [0.25, 0.3) is 0 Å². The fraction of sp³-hybridized carbons (Fsp3) is 0.471. The standard InChI is InChI=1S/C17H20N2O4/c1-10-3-4-12-7-13(5-6-15(12)16(10)21)19-9-14(23-17(19)22)8-18-11(2)20/h5-7,10,14H,3-4,8-9H2,1-2H3,(H,18,20). The number of carbonyl (C=O) groups is 3. The second-order valence-corrected chi connectivity index (χ2v) is 6.20. The average molecular weight is 316 g/mol. The number of nitrogens with zero attached hydrogens (tertiary/aromatic N) is 1. The van der Waals surface area contributed by atoms with E-state index in [9.17, 15) is 14.4 Å². The Morgan fingerprint density at radius 3 is 2.91 bits per heavy atom. The van der Waals surface area contributed by atoms with Gasteiger partial charge in [0, 0.05) is 24.1 Å². The van der Waals surface area contributed by atoms with Crippen molar-refractivity contribution in [3.63, 3.8) is 0 Å². The molecule has 1 N–H and O–H groups in total. The summed E-state index contributed by atoms with van der Waals surface area (Å²) in [5.41, 5.74) is 2.49. The molecule has 2 amide bonds. The number of Topliss-reactive ketones (excluding diaryl/α,β-unsaturated/α-hetero) is 1. The SMILES string of the molecule is CC(=O)NCC1CN(c2ccc3c(c2)CCC(C)C3=O)C(=O)O1. The Kier molecular flexibility index (Phi) is 4.07. The van der Waals surface area contributed by atoms with Crippen LogP contribution in [-0.4, -0.2) is 37.0 Å². The Labute approximate surface area is 134 Å². The molecule has 0 spiro atoms. The third kappa shape index (κ3) is 3.06. The molecule has 1 fully saturated rings. The highest BCUT2D eigenvalue weighted by Crippen LogP contribution is 2.30. The van der Waals surface area contributed by atoms with Gasteiger partial charge < -0.3 is 10.1 Å². The van der Waals surface area contributed by atoms with Crippen molar-refractivity contribution in [1.82, 2.24) is 5.32 Å². The third-order valence-electron chi connectivity index (χ3n) is 4.41. The van der Waals surface area contributed by atoms with E-state index in [1.165, 1.54) is 6.92 Å². The maximum atomic E-state index is 12.2. The van der Waals surface area contributed by atoms with E-state index in [0.717, 1.165) is 29.7 Å². The minimum absolute atomic E-state index is 0.0622. The minimum Gasteiger partial charge on any atom is -0.442 e. The van der Waals surface area contributed by atoms with Gasteiger partial charge in [-0.1, -0.05) is 6.92 Å². The molecule has 0 radical (unpaired) electrons. The summed E-state index contributed by atoms with van der Waals surface area (Å²) < 4.78 is 5.27. The molecule has 3 rings (SSSR count). The van der Waals surface area contributed by atoms with Crippen molar-refractivity contribution in [1.29, 1.82) is 0 Å². The van der Waals surface area contributed by atoms with Gasteiger partial charge in [0.15, 0.2) is 5.78 Å². The van der Waals surface area contributed by atoms with Crippen LogP contribution >= 0.6 is 0 Å². The highest BCUT2D eigenvalue weighted by atomic mass is 16.6. The molecule has 2 atom stereocenters. The Morgan fingerprint density at radius 1 is 1.39 bits per heavy atom. The van der Waals surface area contributed by atoms with Crippen molar-refractivity contribution in [3.05, 3.63) is 29.3 Å². The van der Waals surface area contributed by atoms with Crippen molar-refractivity contribution < 1.29 is 19.1 Å². The molecule has 1 saturated heterocycles. The second-order valence-electron chi connectivity index (χ2n) is 6.20. The van der Waals surface area contributed by atoms with E-state index in [-0.39, 0.29) is 23.7 Å². The molecule has 6 heteroatoms. The molecular formula is C17H20N2O4. The lowest BCUT2D eigenvalue weighted by atomic mass is 9.83. The molecule has 6 nitrogen and oxygen atoms in total. The lowest BCUT2D eigenvalue weighted by Gasteiger charge is -2.22. The summed E-state index contributed by atoms with van der Waals surface area (Å²) in [4.78, 5) is 36.7. The van der Waals surface area contributed by atoms with Crippen LogP contribution in [0.5, 0.6) is 0 Å². The van der Waals surface area contributed by atoms with Crippen LogP contribution in [0.4, 0.5) is 10.5 Å². The number of aryl methyl sites for hydroxylation is 1. The van der Waals surface area contributed by atoms with Crippen LogP contribution in [0, 0.1) is 5.92 Å². The van der Waals surface area contributed by atoms with Crippen molar-refractivity contribution in [3.8, 4) is 0 Å². The molecule has 1 heterocycles. The van der Waals surface area contributed by atoms with Gasteiger partial charge in [-0.25, -0.2) is 4.79 Å². The summed E-state index contributed by atoms with van der Waals surface area (Å²) in [6, 6.07) is 5.50. The molecule has 1 aliphatic carbocycles. The monoisotopic (exact) mass is 316 g/mol. The third-order valence-corrected chi connectivity index (χ3v) is 4.41. The maximum Gasteiger partial charge on any atom is 0.414 e. The van der Waals surface area contributed by atoms with Crippen LogP contribution < -0.4 is 10.2 Å². The van der Waals surface area contributed by atoms with Gasteiger partial charge in [0.05, 0.1) is 13.1 Å². The van der Waals surface area contributed by atoms with E-state index in [1.54, 1.807) is 17.0 Å². The van der Waals surface area contributed by atoms with E-state index in [2.05, 4.69) is 5.32 Å². The van der Waals surface area contributed by atoms with Crippen molar-refractivity contribution >= 4 is 23.5 Å². The molecule has 23 heavy (non-hydrogen) atoms. The number of ketones is 1. The number of amides is 2. The molecule has 1 aromatic rings. The summed E-state index contributed by atoms with van der Waals surface area (Å²) in [6.45, 7) is 4.07. The van der Waals surface area contributed by atoms with E-state index in [1.807, 2.05) is 13.0 Å². The second kappa shape index (κ2) is 6.02. The molecular weight excluding hydrogens is 296 g/mol. The lowest BCUT2D eigenvalue weighted by molar-refractivity contribution is -0.119. The van der Waals surface area contributed by atoms with E-state index < -0.39 is 6.09 Å². The lowest BCUT2D eigenvalue weighted by Crippen LogP contribution is -2.33. The number of cyclic esters (lactones) is 1. The number of hydrogen-bond acceptors (Lipinski definition) is 4. The molecule has 2 aliphatic rings. The van der Waals surface area contributed by atoms with Crippen LogP contribution in [-0.2, 0) is 16.0 Å². The van der Waals surface area contributed by atoms with Gasteiger partial charge in [0.1, 0.15) is 6.10 Å². The highest BCUT2D eigenvalue weighted by molar-refractivity contribution is 6.01. The zero-order valence-electron chi connectivity index (χ0n) is 13.3. The van der Waals surface area contributed by atoms with Gasteiger partial charge in [0.2, 0.25) is 5.91 Å². The Hall–Kier alpha value is -2.37. The first-order chi connectivity index (χ1) is 11.0. The topological polar surface area (TPSA) is 75.7 Å².